The van der Waals surface area contributed by atoms with Crippen molar-refractivity contribution in [1.82, 2.24) is 0 Å². The van der Waals surface area contributed by atoms with Crippen molar-refractivity contribution in [3.63, 3.8) is 0 Å². The van der Waals surface area contributed by atoms with E-state index in [1.54, 1.807) is 0 Å². The molecule has 0 saturated heterocycles. The van der Waals surface area contributed by atoms with Gasteiger partial charge in [0.1, 0.15) is 6.17 Å². The highest BCUT2D eigenvalue weighted by Crippen LogP contribution is 2.27. The van der Waals surface area contributed by atoms with Gasteiger partial charge in [0.15, 0.2) is 0 Å². The maximum absolute atomic E-state index is 11.8. The van der Waals surface area contributed by atoms with Gasteiger partial charge >= 0.3 is 0 Å². The van der Waals surface area contributed by atoms with Gasteiger partial charge in [-0.3, -0.25) is 0 Å². The van der Waals surface area contributed by atoms with Crippen molar-refractivity contribution in [2.24, 2.45) is 0 Å². The quantitative estimate of drug-likeness (QED) is 0.415. The molecular weight excluding hydrogens is 102 g/mol. The highest BCUT2D eigenvalue weighted by atomic mass is 35.5. The largest absolute Gasteiger partial charge is 0.246 e. The molecule has 1 rings (SSSR count). The van der Waals surface area contributed by atoms with Crippen molar-refractivity contribution in [1.29, 1.82) is 0 Å². The fourth-order valence-corrected chi connectivity index (χ4v) is 0.671. The summed E-state index contributed by atoms with van der Waals surface area (Å²) in [6.07, 6.45) is 0.836. The Morgan fingerprint density at radius 2 is 2.00 bits per heavy atom. The lowest BCUT2D eigenvalue weighted by Crippen LogP contribution is -2.27. The molecule has 0 amide bonds. The van der Waals surface area contributed by atoms with E-state index in [1.165, 1.54) is 0 Å². The summed E-state index contributed by atoms with van der Waals surface area (Å²) in [4.78, 5) is 0. The van der Waals surface area contributed by atoms with Crippen LogP contribution in [0.2, 0.25) is 0 Å². The Balaban J connectivity index is 2.20. The summed E-state index contributed by atoms with van der Waals surface area (Å²) in [5.41, 5.74) is 0. The van der Waals surface area contributed by atoms with Gasteiger partial charge in [0, 0.05) is 0 Å². The van der Waals surface area contributed by atoms with Gasteiger partial charge < -0.3 is 0 Å². The second-order valence-electron chi connectivity index (χ2n) is 1.61. The third-order valence-corrected chi connectivity index (χ3v) is 1.60. The van der Waals surface area contributed by atoms with Crippen molar-refractivity contribution in [3.8, 4) is 0 Å². The van der Waals surface area contributed by atoms with Gasteiger partial charge in [0.05, 0.1) is 5.38 Å². The maximum Gasteiger partial charge on any atom is 0.116 e. The zero-order chi connectivity index (χ0) is 4.57. The van der Waals surface area contributed by atoms with Crippen LogP contribution in [0.4, 0.5) is 4.39 Å². The first-order valence-electron chi connectivity index (χ1n) is 2.09. The van der Waals surface area contributed by atoms with E-state index in [2.05, 4.69) is 0 Å². The number of halogens is 2. The lowest BCUT2D eigenvalue weighted by Gasteiger charge is -2.23. The number of alkyl halides is 2. The van der Waals surface area contributed by atoms with E-state index in [4.69, 9.17) is 11.6 Å². The van der Waals surface area contributed by atoms with Crippen molar-refractivity contribution < 1.29 is 4.39 Å². The Kier molecular flexibility index (Phi) is 1.00. The van der Waals surface area contributed by atoms with Crippen molar-refractivity contribution in [2.45, 2.75) is 24.4 Å². The van der Waals surface area contributed by atoms with E-state index in [0.717, 1.165) is 6.42 Å². The number of hydrogen-bond acceptors (Lipinski definition) is 0. The topological polar surface area (TPSA) is 0 Å². The molecular formula is C4H6ClF. The van der Waals surface area contributed by atoms with Crippen LogP contribution in [0.25, 0.3) is 0 Å². The molecule has 36 valence electrons. The molecule has 0 aromatic heterocycles. The van der Waals surface area contributed by atoms with Crippen molar-refractivity contribution >= 4 is 11.6 Å². The molecule has 1 fully saturated rings. The van der Waals surface area contributed by atoms with Crippen LogP contribution in [0, 0.1) is 0 Å². The van der Waals surface area contributed by atoms with Crippen LogP contribution in [0.15, 0.2) is 0 Å². The molecule has 0 heterocycles. The molecule has 1 saturated carbocycles. The van der Waals surface area contributed by atoms with Crippen LogP contribution < -0.4 is 0 Å². The summed E-state index contributed by atoms with van der Waals surface area (Å²) in [5.74, 6) is 0. The van der Waals surface area contributed by atoms with Crippen LogP contribution in [-0.4, -0.2) is 11.5 Å². The van der Waals surface area contributed by atoms with Crippen LogP contribution in [-0.2, 0) is 0 Å². The SMILES string of the molecule is FC1CC[C@H]1Cl. The van der Waals surface area contributed by atoms with Crippen LogP contribution in [0.1, 0.15) is 12.8 Å². The molecule has 0 aliphatic heterocycles. The number of hydrogen-bond donors (Lipinski definition) is 0. The summed E-state index contributed by atoms with van der Waals surface area (Å²) in [6, 6.07) is 0. The first-order chi connectivity index (χ1) is 2.80. The summed E-state index contributed by atoms with van der Waals surface area (Å²) in [5, 5.41) is -0.162. The van der Waals surface area contributed by atoms with Gasteiger partial charge in [0.2, 0.25) is 0 Å². The van der Waals surface area contributed by atoms with Crippen LogP contribution in [0.3, 0.4) is 0 Å². The Labute approximate surface area is 41.3 Å². The van der Waals surface area contributed by atoms with Gasteiger partial charge in [-0.15, -0.1) is 11.6 Å². The standard InChI is InChI=1S/C4H6ClF/c5-3-1-2-4(3)6/h3-4H,1-2H2/t3-,4?/m1/s1. The molecule has 0 nitrogen and oxygen atoms in total. The lowest BCUT2D eigenvalue weighted by molar-refractivity contribution is 0.218. The molecule has 1 aliphatic carbocycles. The fourth-order valence-electron chi connectivity index (χ4n) is 0.419. The average Bonchev–Trinajstić information content (AvgIpc) is 1.61. The molecule has 6 heavy (non-hydrogen) atoms. The summed E-state index contributed by atoms with van der Waals surface area (Å²) in [6.45, 7) is 0. The summed E-state index contributed by atoms with van der Waals surface area (Å²) in [7, 11) is 0. The maximum atomic E-state index is 11.8. The van der Waals surface area contributed by atoms with Gasteiger partial charge in [0.25, 0.3) is 0 Å². The first-order valence-corrected chi connectivity index (χ1v) is 2.52. The van der Waals surface area contributed by atoms with E-state index in [-0.39, 0.29) is 5.38 Å². The van der Waals surface area contributed by atoms with Crippen LogP contribution in [0.5, 0.6) is 0 Å². The van der Waals surface area contributed by atoms with Gasteiger partial charge in [-0.2, -0.15) is 0 Å². The van der Waals surface area contributed by atoms with E-state index >= 15 is 0 Å². The third-order valence-electron chi connectivity index (χ3n) is 1.11. The van der Waals surface area contributed by atoms with E-state index in [9.17, 15) is 4.39 Å². The minimum Gasteiger partial charge on any atom is -0.246 e. The summed E-state index contributed by atoms with van der Waals surface area (Å²) >= 11 is 5.32. The fraction of sp³-hybridized carbons (Fsp3) is 1.00. The zero-order valence-corrected chi connectivity index (χ0v) is 4.08. The molecule has 0 bridgehead atoms. The molecule has 2 heteroatoms. The lowest BCUT2D eigenvalue weighted by atomic mass is 9.97. The second kappa shape index (κ2) is 1.38. The molecule has 0 aromatic rings. The van der Waals surface area contributed by atoms with Crippen molar-refractivity contribution in [3.05, 3.63) is 0 Å². The monoisotopic (exact) mass is 108 g/mol. The molecule has 0 aromatic carbocycles. The highest BCUT2D eigenvalue weighted by Gasteiger charge is 2.27. The Bertz CT molecular complexity index is 47.5. The Hall–Kier alpha value is 0.220. The van der Waals surface area contributed by atoms with Crippen LogP contribution >= 0.6 is 11.6 Å². The smallest absolute Gasteiger partial charge is 0.116 e. The minimum absolute atomic E-state index is 0.162. The zero-order valence-electron chi connectivity index (χ0n) is 3.32. The molecule has 2 atom stereocenters. The Morgan fingerprint density at radius 3 is 2.00 bits per heavy atom. The average molecular weight is 109 g/mol. The predicted molar refractivity (Wildman–Crippen MR) is 23.8 cm³/mol. The Morgan fingerprint density at radius 1 is 1.50 bits per heavy atom. The first kappa shape index (κ1) is 4.38. The molecule has 0 N–H and O–H groups in total. The molecule has 1 aliphatic rings. The highest BCUT2D eigenvalue weighted by molar-refractivity contribution is 6.21. The third kappa shape index (κ3) is 0.515. The van der Waals surface area contributed by atoms with Crippen molar-refractivity contribution in [2.75, 3.05) is 0 Å². The van der Waals surface area contributed by atoms with E-state index < -0.39 is 6.17 Å². The summed E-state index contributed by atoms with van der Waals surface area (Å²) < 4.78 is 11.8. The van der Waals surface area contributed by atoms with E-state index in [1.807, 2.05) is 0 Å². The minimum atomic E-state index is -0.702. The van der Waals surface area contributed by atoms with Gasteiger partial charge in [-0.05, 0) is 12.8 Å². The van der Waals surface area contributed by atoms with Gasteiger partial charge in [-0.25, -0.2) is 4.39 Å². The molecule has 0 spiro atoms. The van der Waals surface area contributed by atoms with E-state index in [0.29, 0.717) is 6.42 Å². The van der Waals surface area contributed by atoms with Gasteiger partial charge in [-0.1, -0.05) is 0 Å². The normalized spacial score (nSPS) is 45.0. The molecule has 1 unspecified atom stereocenters. The number of rotatable bonds is 0. The second-order valence-corrected chi connectivity index (χ2v) is 2.17. The predicted octanol–water partition coefficient (Wildman–Crippen LogP) is 1.73. The molecule has 0 radical (unpaired) electrons.